The molecule has 0 N–H and O–H groups in total. The molecule has 3 heterocycles. The maximum atomic E-state index is 11.6. The van der Waals surface area contributed by atoms with Crippen LogP contribution in [0.25, 0.3) is 0 Å². The molecular weight excluding hydrogens is 446 g/mol. The Hall–Kier alpha value is -2.10. The van der Waals surface area contributed by atoms with Crippen LogP contribution in [0.1, 0.15) is 23.4 Å². The molecule has 0 aliphatic carbocycles. The van der Waals surface area contributed by atoms with E-state index in [1.165, 1.54) is 11.8 Å². The molecule has 1 aliphatic heterocycles. The first-order valence-corrected chi connectivity index (χ1v) is 12.6. The highest BCUT2D eigenvalue weighted by Gasteiger charge is 2.29. The molecule has 30 heavy (non-hydrogen) atoms. The number of hydrogen-bond acceptors (Lipinski definition) is 8. The van der Waals surface area contributed by atoms with Gasteiger partial charge in [0.05, 0.1) is 11.5 Å². The van der Waals surface area contributed by atoms with E-state index in [2.05, 4.69) is 15.2 Å². The van der Waals surface area contributed by atoms with E-state index >= 15 is 0 Å². The molecule has 10 heteroatoms. The number of ether oxygens (including phenoxy) is 1. The number of aromatic nitrogens is 3. The lowest BCUT2D eigenvalue weighted by Crippen LogP contribution is -2.07. The third-order valence-electron chi connectivity index (χ3n) is 4.73. The number of sulfone groups is 1. The van der Waals surface area contributed by atoms with E-state index in [0.717, 1.165) is 16.9 Å². The van der Waals surface area contributed by atoms with E-state index in [1.54, 1.807) is 18.5 Å². The summed E-state index contributed by atoms with van der Waals surface area (Å²) >= 11 is 7.55. The zero-order chi connectivity index (χ0) is 21.0. The molecule has 0 saturated carbocycles. The van der Waals surface area contributed by atoms with Gasteiger partial charge in [0, 0.05) is 40.7 Å². The second kappa shape index (κ2) is 9.36. The number of hydrogen-bond donors (Lipinski definition) is 0. The molecule has 2 aromatic heterocycles. The SMILES string of the molecule is O=S1(=O)CC[C@@H](Cc2nnc(SCc3cc(Cl)ccc3OCc3cccnc3)o2)C1. The first-order chi connectivity index (χ1) is 14.5. The van der Waals surface area contributed by atoms with E-state index < -0.39 is 9.84 Å². The number of halogens is 1. The second-order valence-corrected chi connectivity index (χ2v) is 10.7. The number of thioether (sulfide) groups is 1. The van der Waals surface area contributed by atoms with Gasteiger partial charge in [-0.1, -0.05) is 29.4 Å². The van der Waals surface area contributed by atoms with Crippen molar-refractivity contribution in [3.63, 3.8) is 0 Å². The minimum Gasteiger partial charge on any atom is -0.489 e. The van der Waals surface area contributed by atoms with Gasteiger partial charge in [0.25, 0.3) is 5.22 Å². The summed E-state index contributed by atoms with van der Waals surface area (Å²) in [5.41, 5.74) is 1.89. The van der Waals surface area contributed by atoms with Crippen molar-refractivity contribution in [3.05, 3.63) is 64.8 Å². The summed E-state index contributed by atoms with van der Waals surface area (Å²) in [7, 11) is -2.91. The molecule has 7 nitrogen and oxygen atoms in total. The normalized spacial score (nSPS) is 17.8. The lowest BCUT2D eigenvalue weighted by atomic mass is 10.1. The number of pyridine rings is 1. The maximum absolute atomic E-state index is 11.6. The highest BCUT2D eigenvalue weighted by atomic mass is 35.5. The summed E-state index contributed by atoms with van der Waals surface area (Å²) < 4.78 is 34.8. The average Bonchev–Trinajstić information content (AvgIpc) is 3.32. The molecule has 1 aliphatic rings. The molecule has 1 aromatic carbocycles. The fraction of sp³-hybridized carbons (Fsp3) is 0.350. The molecule has 3 aromatic rings. The minimum atomic E-state index is -2.91. The van der Waals surface area contributed by atoms with Crippen molar-refractivity contribution in [1.82, 2.24) is 15.2 Å². The number of nitrogens with zero attached hydrogens (tertiary/aromatic N) is 3. The molecule has 1 atom stereocenters. The van der Waals surface area contributed by atoms with Crippen LogP contribution in [-0.2, 0) is 28.6 Å². The smallest absolute Gasteiger partial charge is 0.276 e. The summed E-state index contributed by atoms with van der Waals surface area (Å²) in [5, 5.41) is 9.18. The monoisotopic (exact) mass is 465 g/mol. The van der Waals surface area contributed by atoms with E-state index in [4.69, 9.17) is 20.8 Å². The van der Waals surface area contributed by atoms with Gasteiger partial charge >= 0.3 is 0 Å². The Kier molecular flexibility index (Phi) is 6.60. The summed E-state index contributed by atoms with van der Waals surface area (Å²) in [6.45, 7) is 0.405. The predicted octanol–water partition coefficient (Wildman–Crippen LogP) is 3.97. The lowest BCUT2D eigenvalue weighted by Gasteiger charge is -2.11. The van der Waals surface area contributed by atoms with Crippen LogP contribution < -0.4 is 4.74 Å². The van der Waals surface area contributed by atoms with E-state index in [0.29, 0.717) is 41.3 Å². The summed E-state index contributed by atoms with van der Waals surface area (Å²) in [5.74, 6) is 2.23. The van der Waals surface area contributed by atoms with Crippen molar-refractivity contribution in [1.29, 1.82) is 0 Å². The zero-order valence-corrected chi connectivity index (χ0v) is 18.4. The highest BCUT2D eigenvalue weighted by molar-refractivity contribution is 7.98. The van der Waals surface area contributed by atoms with Gasteiger partial charge in [-0.3, -0.25) is 4.98 Å². The fourth-order valence-electron chi connectivity index (χ4n) is 3.24. The third kappa shape index (κ3) is 5.74. The molecular formula is C20H20ClN3O4S2. The van der Waals surface area contributed by atoms with Crippen molar-refractivity contribution < 1.29 is 17.6 Å². The first kappa shape index (κ1) is 21.1. The molecule has 0 bridgehead atoms. The van der Waals surface area contributed by atoms with Crippen LogP contribution in [0.2, 0.25) is 5.02 Å². The first-order valence-electron chi connectivity index (χ1n) is 9.42. The van der Waals surface area contributed by atoms with Crippen molar-refractivity contribution in [2.75, 3.05) is 11.5 Å². The molecule has 158 valence electrons. The zero-order valence-electron chi connectivity index (χ0n) is 16.0. The summed E-state index contributed by atoms with van der Waals surface area (Å²) in [6, 6.07) is 9.30. The Balaban J connectivity index is 1.36. The van der Waals surface area contributed by atoms with Gasteiger partial charge in [-0.25, -0.2) is 8.42 Å². The van der Waals surface area contributed by atoms with Gasteiger partial charge in [0.15, 0.2) is 9.84 Å². The van der Waals surface area contributed by atoms with Gasteiger partial charge in [0.1, 0.15) is 12.4 Å². The lowest BCUT2D eigenvalue weighted by molar-refractivity contribution is 0.303. The largest absolute Gasteiger partial charge is 0.489 e. The van der Waals surface area contributed by atoms with Crippen LogP contribution in [0.4, 0.5) is 0 Å². The maximum Gasteiger partial charge on any atom is 0.276 e. The van der Waals surface area contributed by atoms with Crippen LogP contribution in [-0.4, -0.2) is 35.1 Å². The van der Waals surface area contributed by atoms with Crippen LogP contribution in [0.15, 0.2) is 52.4 Å². The molecule has 0 radical (unpaired) electrons. The van der Waals surface area contributed by atoms with E-state index in [1.807, 2.05) is 24.3 Å². The summed E-state index contributed by atoms with van der Waals surface area (Å²) in [4.78, 5) is 4.09. The van der Waals surface area contributed by atoms with Crippen molar-refractivity contribution in [2.24, 2.45) is 5.92 Å². The van der Waals surface area contributed by atoms with Crippen molar-refractivity contribution >= 4 is 33.2 Å². The topological polar surface area (TPSA) is 95.2 Å². The molecule has 0 spiro atoms. The van der Waals surface area contributed by atoms with Gasteiger partial charge in [-0.2, -0.15) is 0 Å². The third-order valence-corrected chi connectivity index (χ3v) is 7.67. The number of rotatable bonds is 8. The Labute approximate surface area is 184 Å². The van der Waals surface area contributed by atoms with Crippen molar-refractivity contribution in [2.45, 2.75) is 30.4 Å². The van der Waals surface area contributed by atoms with Crippen LogP contribution >= 0.6 is 23.4 Å². The number of benzene rings is 1. The fourth-order valence-corrected chi connectivity index (χ4v) is 6.06. The molecule has 1 saturated heterocycles. The van der Waals surface area contributed by atoms with Gasteiger partial charge in [0.2, 0.25) is 5.89 Å². The molecule has 4 rings (SSSR count). The molecule has 0 amide bonds. The van der Waals surface area contributed by atoms with E-state index in [-0.39, 0.29) is 17.4 Å². The van der Waals surface area contributed by atoms with Crippen LogP contribution in [0, 0.1) is 5.92 Å². The van der Waals surface area contributed by atoms with Gasteiger partial charge in [-0.05, 0) is 36.6 Å². The predicted molar refractivity (Wildman–Crippen MR) is 114 cm³/mol. The van der Waals surface area contributed by atoms with Crippen LogP contribution in [0.3, 0.4) is 0 Å². The second-order valence-electron chi connectivity index (χ2n) is 7.13. The molecule has 1 fully saturated rings. The van der Waals surface area contributed by atoms with Crippen molar-refractivity contribution in [3.8, 4) is 5.75 Å². The van der Waals surface area contributed by atoms with Gasteiger partial charge < -0.3 is 9.15 Å². The Morgan fingerprint density at radius 1 is 1.27 bits per heavy atom. The van der Waals surface area contributed by atoms with Gasteiger partial charge in [-0.15, -0.1) is 10.2 Å². The minimum absolute atomic E-state index is 0.0497. The Morgan fingerprint density at radius 2 is 2.17 bits per heavy atom. The Bertz CT molecular complexity index is 1110. The average molecular weight is 466 g/mol. The standard InChI is InChI=1S/C20H20ClN3O4S2/c21-17-3-4-18(27-11-15-2-1-6-22-10-15)16(9-17)12-29-20-24-23-19(28-20)8-14-5-7-30(25,26)13-14/h1-4,6,9-10,14H,5,7-8,11-13H2/t14-/m0/s1. The Morgan fingerprint density at radius 3 is 2.93 bits per heavy atom. The molecule has 0 unspecified atom stereocenters. The quantitative estimate of drug-likeness (QED) is 0.461. The van der Waals surface area contributed by atoms with E-state index in [9.17, 15) is 8.42 Å². The van der Waals surface area contributed by atoms with Crippen LogP contribution in [0.5, 0.6) is 5.75 Å². The highest BCUT2D eigenvalue weighted by Crippen LogP contribution is 2.31. The summed E-state index contributed by atoms with van der Waals surface area (Å²) in [6.07, 6.45) is 4.62.